The fourth-order valence-electron chi connectivity index (χ4n) is 2.32. The summed E-state index contributed by atoms with van der Waals surface area (Å²) < 4.78 is 0. The van der Waals surface area contributed by atoms with Gasteiger partial charge in [0.25, 0.3) is 0 Å². The van der Waals surface area contributed by atoms with Gasteiger partial charge in [0.1, 0.15) is 6.04 Å². The zero-order valence-corrected chi connectivity index (χ0v) is 11.6. The normalized spacial score (nSPS) is 25.5. The average Bonchev–Trinajstić information content (AvgIpc) is 2.51. The number of aliphatic carboxylic acids is 1. The van der Waals surface area contributed by atoms with Crippen LogP contribution >= 0.6 is 0 Å². The van der Waals surface area contributed by atoms with E-state index in [0.29, 0.717) is 6.42 Å². The second-order valence-corrected chi connectivity index (χ2v) is 5.49. The molecule has 0 aromatic heterocycles. The SMILES string of the molecule is CC(C)[C@H](NC(=O)NC1CCCCCC1O)C(=O)O. The van der Waals surface area contributed by atoms with Crippen LogP contribution in [0.5, 0.6) is 0 Å². The van der Waals surface area contributed by atoms with Crippen LogP contribution < -0.4 is 10.6 Å². The maximum absolute atomic E-state index is 11.8. The molecule has 0 spiro atoms. The van der Waals surface area contributed by atoms with Crippen molar-refractivity contribution in [3.8, 4) is 0 Å². The van der Waals surface area contributed by atoms with Crippen molar-refractivity contribution >= 4 is 12.0 Å². The third-order valence-corrected chi connectivity index (χ3v) is 3.52. The lowest BCUT2D eigenvalue weighted by Crippen LogP contribution is -2.53. The van der Waals surface area contributed by atoms with Crippen LogP contribution in [0.25, 0.3) is 0 Å². The summed E-state index contributed by atoms with van der Waals surface area (Å²) in [6.45, 7) is 3.47. The fourth-order valence-corrected chi connectivity index (χ4v) is 2.32. The number of urea groups is 1. The molecule has 0 radical (unpaired) electrons. The van der Waals surface area contributed by atoms with Crippen LogP contribution in [0.4, 0.5) is 4.79 Å². The molecule has 1 fully saturated rings. The Kier molecular flexibility index (Phi) is 6.08. The van der Waals surface area contributed by atoms with Crippen molar-refractivity contribution in [3.63, 3.8) is 0 Å². The van der Waals surface area contributed by atoms with Gasteiger partial charge in [0.2, 0.25) is 0 Å². The lowest BCUT2D eigenvalue weighted by atomic mass is 10.0. The zero-order valence-electron chi connectivity index (χ0n) is 11.6. The highest BCUT2D eigenvalue weighted by molar-refractivity contribution is 5.82. The maximum Gasteiger partial charge on any atom is 0.326 e. The van der Waals surface area contributed by atoms with E-state index in [1.165, 1.54) is 0 Å². The summed E-state index contributed by atoms with van der Waals surface area (Å²) >= 11 is 0. The molecule has 6 nitrogen and oxygen atoms in total. The third kappa shape index (κ3) is 5.06. The highest BCUT2D eigenvalue weighted by Gasteiger charge is 2.27. The molecule has 6 heteroatoms. The van der Waals surface area contributed by atoms with Crippen molar-refractivity contribution in [3.05, 3.63) is 0 Å². The molecular weight excluding hydrogens is 248 g/mol. The molecule has 1 aliphatic rings. The quantitative estimate of drug-likeness (QED) is 0.576. The van der Waals surface area contributed by atoms with Crippen LogP contribution in [0, 0.1) is 5.92 Å². The molecule has 1 saturated carbocycles. The zero-order chi connectivity index (χ0) is 14.4. The van der Waals surface area contributed by atoms with Gasteiger partial charge in [-0.3, -0.25) is 0 Å². The Labute approximate surface area is 113 Å². The summed E-state index contributed by atoms with van der Waals surface area (Å²) in [5.41, 5.74) is 0. The molecule has 0 bridgehead atoms. The first kappa shape index (κ1) is 15.8. The van der Waals surface area contributed by atoms with E-state index >= 15 is 0 Å². The van der Waals surface area contributed by atoms with Crippen LogP contribution in [0.1, 0.15) is 46.0 Å². The summed E-state index contributed by atoms with van der Waals surface area (Å²) in [4.78, 5) is 22.8. The summed E-state index contributed by atoms with van der Waals surface area (Å²) in [6, 6.07) is -1.72. The number of hydrogen-bond acceptors (Lipinski definition) is 3. The second-order valence-electron chi connectivity index (χ2n) is 5.49. The van der Waals surface area contributed by atoms with E-state index in [1.807, 2.05) is 0 Å². The number of carboxylic acid groups (broad SMARTS) is 1. The van der Waals surface area contributed by atoms with Gasteiger partial charge in [0, 0.05) is 0 Å². The smallest absolute Gasteiger partial charge is 0.326 e. The summed E-state index contributed by atoms with van der Waals surface area (Å²) in [5.74, 6) is -1.24. The molecule has 2 amide bonds. The van der Waals surface area contributed by atoms with E-state index in [4.69, 9.17) is 5.11 Å². The summed E-state index contributed by atoms with van der Waals surface area (Å²) in [5, 5.41) is 24.0. The van der Waals surface area contributed by atoms with Crippen molar-refractivity contribution < 1.29 is 19.8 Å². The van der Waals surface area contributed by atoms with E-state index in [0.717, 1.165) is 25.7 Å². The highest BCUT2D eigenvalue weighted by Crippen LogP contribution is 2.18. The van der Waals surface area contributed by atoms with Gasteiger partial charge in [-0.05, 0) is 18.8 Å². The molecule has 0 heterocycles. The number of rotatable bonds is 4. The maximum atomic E-state index is 11.8. The Hall–Kier alpha value is -1.30. The first-order valence-electron chi connectivity index (χ1n) is 6.89. The minimum atomic E-state index is -1.05. The molecule has 1 rings (SSSR count). The van der Waals surface area contributed by atoms with Gasteiger partial charge in [-0.2, -0.15) is 0 Å². The molecule has 3 atom stereocenters. The number of aliphatic hydroxyl groups is 1. The Balaban J connectivity index is 2.51. The Morgan fingerprint density at radius 2 is 1.79 bits per heavy atom. The Morgan fingerprint density at radius 3 is 2.37 bits per heavy atom. The van der Waals surface area contributed by atoms with Crippen molar-refractivity contribution in [2.24, 2.45) is 5.92 Å². The molecular formula is C13H24N2O4. The number of amides is 2. The van der Waals surface area contributed by atoms with Crippen molar-refractivity contribution in [2.45, 2.75) is 64.1 Å². The van der Waals surface area contributed by atoms with Crippen molar-refractivity contribution in [2.75, 3.05) is 0 Å². The Bertz CT molecular complexity index is 320. The molecule has 4 N–H and O–H groups in total. The molecule has 19 heavy (non-hydrogen) atoms. The molecule has 0 aromatic rings. The first-order chi connectivity index (χ1) is 8.91. The summed E-state index contributed by atoms with van der Waals surface area (Å²) in [7, 11) is 0. The van der Waals surface area contributed by atoms with Crippen LogP contribution in [0.2, 0.25) is 0 Å². The molecule has 2 unspecified atom stereocenters. The third-order valence-electron chi connectivity index (χ3n) is 3.52. The minimum Gasteiger partial charge on any atom is -0.480 e. The number of carboxylic acids is 1. The number of aliphatic hydroxyl groups excluding tert-OH is 1. The van der Waals surface area contributed by atoms with E-state index < -0.39 is 24.1 Å². The topological polar surface area (TPSA) is 98.7 Å². The molecule has 110 valence electrons. The van der Waals surface area contributed by atoms with Crippen molar-refractivity contribution in [1.82, 2.24) is 10.6 Å². The number of nitrogens with one attached hydrogen (secondary N) is 2. The molecule has 0 aliphatic heterocycles. The fraction of sp³-hybridized carbons (Fsp3) is 0.846. The number of hydrogen-bond donors (Lipinski definition) is 4. The lowest BCUT2D eigenvalue weighted by Gasteiger charge is -2.24. The van der Waals surface area contributed by atoms with Crippen LogP contribution in [0.3, 0.4) is 0 Å². The predicted octanol–water partition coefficient (Wildman–Crippen LogP) is 1.09. The average molecular weight is 272 g/mol. The van der Waals surface area contributed by atoms with Crippen LogP contribution in [-0.2, 0) is 4.79 Å². The number of carbonyl (C=O) groups is 2. The predicted molar refractivity (Wildman–Crippen MR) is 70.8 cm³/mol. The van der Waals surface area contributed by atoms with E-state index in [1.54, 1.807) is 13.8 Å². The molecule has 1 aliphatic carbocycles. The van der Waals surface area contributed by atoms with Crippen molar-refractivity contribution in [1.29, 1.82) is 0 Å². The second kappa shape index (κ2) is 7.33. The Morgan fingerprint density at radius 1 is 1.16 bits per heavy atom. The van der Waals surface area contributed by atoms with Gasteiger partial charge in [0.05, 0.1) is 12.1 Å². The van der Waals surface area contributed by atoms with Gasteiger partial charge in [0.15, 0.2) is 0 Å². The molecule has 0 aromatic carbocycles. The van der Waals surface area contributed by atoms with E-state index in [2.05, 4.69) is 10.6 Å². The number of carbonyl (C=O) groups excluding carboxylic acids is 1. The highest BCUT2D eigenvalue weighted by atomic mass is 16.4. The molecule has 0 saturated heterocycles. The van der Waals surface area contributed by atoms with E-state index in [-0.39, 0.29) is 12.0 Å². The van der Waals surface area contributed by atoms with Crippen LogP contribution in [0.15, 0.2) is 0 Å². The van der Waals surface area contributed by atoms with Gasteiger partial charge in [-0.15, -0.1) is 0 Å². The lowest BCUT2D eigenvalue weighted by molar-refractivity contribution is -0.140. The minimum absolute atomic E-state index is 0.192. The van der Waals surface area contributed by atoms with Gasteiger partial charge < -0.3 is 20.8 Å². The van der Waals surface area contributed by atoms with Gasteiger partial charge in [-0.1, -0.05) is 33.1 Å². The van der Waals surface area contributed by atoms with Gasteiger partial charge >= 0.3 is 12.0 Å². The largest absolute Gasteiger partial charge is 0.480 e. The van der Waals surface area contributed by atoms with Crippen LogP contribution in [-0.4, -0.2) is 40.4 Å². The first-order valence-corrected chi connectivity index (χ1v) is 6.89. The standard InChI is InChI=1S/C13H24N2O4/c1-8(2)11(12(17)18)15-13(19)14-9-6-4-3-5-7-10(9)16/h8-11,16H,3-7H2,1-2H3,(H,17,18)(H2,14,15,19)/t9?,10?,11-/m0/s1. The monoisotopic (exact) mass is 272 g/mol. The summed E-state index contributed by atoms with van der Waals surface area (Å²) in [6.07, 6.45) is 3.85. The van der Waals surface area contributed by atoms with E-state index in [9.17, 15) is 14.7 Å². The van der Waals surface area contributed by atoms with Gasteiger partial charge in [-0.25, -0.2) is 9.59 Å².